The van der Waals surface area contributed by atoms with E-state index < -0.39 is 60.1 Å². The van der Waals surface area contributed by atoms with Gasteiger partial charge in [-0.1, -0.05) is 131 Å². The average molecular weight is 1870 g/mol. The fraction of sp³-hybridized carbons (Fsp3) is 0.515. The molecule has 4 aromatic heterocycles. The van der Waals surface area contributed by atoms with Crippen molar-refractivity contribution in [1.82, 2.24) is 80.7 Å². The Morgan fingerprint density at radius 3 is 1.18 bits per heavy atom. The molecule has 0 radical (unpaired) electrons. The van der Waals surface area contributed by atoms with Crippen LogP contribution in [0.15, 0.2) is 97.3 Å². The predicted octanol–water partition coefficient (Wildman–Crippen LogP) is 17.0. The van der Waals surface area contributed by atoms with Crippen LogP contribution in [0.5, 0.6) is 11.5 Å². The van der Waals surface area contributed by atoms with E-state index in [4.69, 9.17) is 62.9 Å². The molecule has 4 fully saturated rings. The van der Waals surface area contributed by atoms with E-state index in [0.29, 0.717) is 83.5 Å². The van der Waals surface area contributed by atoms with Crippen molar-refractivity contribution in [1.29, 1.82) is 0 Å². The quantitative estimate of drug-likeness (QED) is 0.0227. The fourth-order valence-corrected chi connectivity index (χ4v) is 19.5. The SMILES string of the molecule is CC[C@H](C)C(NC(=O)OC)C(=O)N1C[C@@H](COC)C[C@H]1c1nc2c(ccc3cc4c(cc32)OCc2cc(-c3cnc(C5C[C@H](C)CN5C(=O)[C@@H](NC(=O)OC)[C@@H](C)CC)[nH]3)ccc2-4)[nH]1.CC[C@H](C)[C@H](NC(=O)OC)C(=O)N1C[C@@H](C)CC1c1ncc(-c2ccc3c(c2)COc2cc4c(ccc5[nH]c([C@@H]6C[C@H](COC)CN6C(=O)OC(C)(C)C)nc54)cc2-3)[nH]1.CC[C@H](C)[C@H](NC(=O)OC)C(=O)O.[HH]. The number of aromatic nitrogens is 8. The molecule has 16 rings (SSSR count). The third-order valence-electron chi connectivity index (χ3n) is 27.6. The number of nitrogens with one attached hydrogen (secondary N) is 8. The lowest BCUT2D eigenvalue weighted by atomic mass is 9.92. The third-order valence-corrected chi connectivity index (χ3v) is 27.6. The average Bonchev–Trinajstić information content (AvgIpc) is 1.71. The number of carbonyl (C=O) groups is 9. The van der Waals surface area contributed by atoms with Crippen LogP contribution in [0.3, 0.4) is 0 Å². The number of fused-ring (bicyclic) bond motifs is 12. The van der Waals surface area contributed by atoms with Crippen LogP contribution in [0.2, 0.25) is 0 Å². The minimum atomic E-state index is -1.04. The van der Waals surface area contributed by atoms with E-state index in [-0.39, 0.29) is 96.8 Å². The topological polar surface area (TPSA) is 433 Å². The zero-order valence-electron chi connectivity index (χ0n) is 81.2. The summed E-state index contributed by atoms with van der Waals surface area (Å²) in [6.07, 6.45) is 6.41. The molecule has 6 aliphatic rings. The fourth-order valence-electron chi connectivity index (χ4n) is 19.5. The van der Waals surface area contributed by atoms with Crippen molar-refractivity contribution in [2.24, 2.45) is 47.3 Å². The molecule has 8 amide bonds. The van der Waals surface area contributed by atoms with Gasteiger partial charge < -0.3 is 104 Å². The van der Waals surface area contributed by atoms with Gasteiger partial charge in [-0.3, -0.25) is 19.3 Å². The molecule has 10 heterocycles. The second kappa shape index (κ2) is 42.5. The van der Waals surface area contributed by atoms with Gasteiger partial charge in [0.15, 0.2) is 0 Å². The van der Waals surface area contributed by atoms with Crippen LogP contribution in [-0.2, 0) is 65.5 Å². The van der Waals surface area contributed by atoms with E-state index in [0.717, 1.165) is 155 Å². The van der Waals surface area contributed by atoms with Gasteiger partial charge >= 0.3 is 36.4 Å². The number of likely N-dealkylation sites (tertiary alicyclic amines) is 4. The van der Waals surface area contributed by atoms with Gasteiger partial charge in [0, 0.05) is 75.6 Å². The Kier molecular flexibility index (Phi) is 30.9. The Balaban J connectivity index is 0.000000204. The maximum Gasteiger partial charge on any atom is 0.410 e. The molecule has 9 N–H and O–H groups in total. The highest BCUT2D eigenvalue weighted by molar-refractivity contribution is 6.08. The maximum absolute atomic E-state index is 14.2. The number of imidazole rings is 4. The Morgan fingerprint density at radius 1 is 0.456 bits per heavy atom. The summed E-state index contributed by atoms with van der Waals surface area (Å²) in [7, 11) is 8.45. The molecule has 35 heteroatoms. The Labute approximate surface area is 792 Å². The highest BCUT2D eigenvalue weighted by Gasteiger charge is 2.47. The smallest absolute Gasteiger partial charge is 0.410 e. The van der Waals surface area contributed by atoms with Crippen molar-refractivity contribution in [3.05, 3.63) is 132 Å². The number of carboxylic acids is 1. The number of rotatable bonds is 26. The number of nitrogens with zero attached hydrogens (tertiary/aromatic N) is 8. The number of hydrogen-bond acceptors (Lipinski definition) is 22. The molecule has 3 unspecified atom stereocenters. The summed E-state index contributed by atoms with van der Waals surface area (Å²) in [5.41, 5.74) is 12.6. The van der Waals surface area contributed by atoms with E-state index in [1.165, 1.54) is 28.4 Å². The van der Waals surface area contributed by atoms with Crippen LogP contribution in [0.4, 0.5) is 24.0 Å². The van der Waals surface area contributed by atoms with Crippen molar-refractivity contribution in [3.63, 3.8) is 0 Å². The van der Waals surface area contributed by atoms with Crippen LogP contribution < -0.4 is 30.7 Å². The van der Waals surface area contributed by atoms with Gasteiger partial charge in [0.05, 0.1) is 112 Å². The van der Waals surface area contributed by atoms with Crippen LogP contribution in [0, 0.1) is 47.3 Å². The van der Waals surface area contributed by atoms with Gasteiger partial charge in [0.1, 0.15) is 77.8 Å². The van der Waals surface area contributed by atoms with E-state index in [1.807, 2.05) is 108 Å². The second-order valence-electron chi connectivity index (χ2n) is 38.3. The van der Waals surface area contributed by atoms with E-state index >= 15 is 0 Å². The molecule has 0 spiro atoms. The van der Waals surface area contributed by atoms with Crippen LogP contribution in [0.1, 0.15) is 201 Å². The molecule has 0 aliphatic carbocycles. The Bertz CT molecular complexity index is 6060. The number of amides is 8. The van der Waals surface area contributed by atoms with Gasteiger partial charge in [-0.2, -0.15) is 0 Å². The lowest BCUT2D eigenvalue weighted by Gasteiger charge is -2.30. The first-order chi connectivity index (χ1) is 65.1. The standard InChI is InChI=1S/C48H60N8O8.C45H55N7O7.C8H15NO4.H2/c1-9-26(4)40(53-47(59)62-7)45(57)55-21-25(3)15-37(55)43-49-20-36(51-43)30-11-13-32-31(17-30)24-64-39-19-33-29(18-34(32)39)12-14-35-42(33)52-44(50-35)38-16-28(23-61-6)22-56(38)46(58)41(27(5)10-2)54-48(60)63-8;1-9-25(3)38(50-43(54)57-8)42(53)51-20-24(2)14-35(51)40-46-19-34(48-40)28-10-12-30-29(16-28)23-58-37-18-31-27(17-32(30)37)11-13-33-39(31)49-41(47-33)36-15-26(22-56-7)21-52(36)44(55)59-45(4,5)6;1-4-5(2)6(7(10)11)9-8(12)13-3;/h11-14,17-20,25-28,37-38,40-41H,9-10,15-16,21-24H2,1-8H3,(H,49,51)(H,50,52)(H,53,59)(H,54,60);10-13,16-19,24-26,35-36,38H,9,14-15,20-23H2,1-8H3,(H,46,48)(H,47,49)(H,50,54);5-6H,4H2,1-3H3,(H,9,12)(H,10,11);1H/t25-,26-,27-,28-,37?,38-,40-,41?;24-,25-,26-,35?,36-,38-;5-,6-;/m000./s1. The van der Waals surface area contributed by atoms with Crippen LogP contribution in [-0.4, -0.2) is 231 Å². The lowest BCUT2D eigenvalue weighted by molar-refractivity contribution is -0.141. The summed E-state index contributed by atoms with van der Waals surface area (Å²) in [6.45, 7) is 29.3. The van der Waals surface area contributed by atoms with Gasteiger partial charge in [0.25, 0.3) is 0 Å². The van der Waals surface area contributed by atoms with E-state index in [1.54, 1.807) is 26.0 Å². The third kappa shape index (κ3) is 21.3. The highest BCUT2D eigenvalue weighted by atomic mass is 16.6. The number of aliphatic carboxylic acids is 1. The summed E-state index contributed by atoms with van der Waals surface area (Å²) in [4.78, 5) is 155. The van der Waals surface area contributed by atoms with Crippen LogP contribution >= 0.6 is 0 Å². The summed E-state index contributed by atoms with van der Waals surface area (Å²) >= 11 is 0. The minimum Gasteiger partial charge on any atom is -0.488 e. The molecule has 6 aliphatic heterocycles. The summed E-state index contributed by atoms with van der Waals surface area (Å²) in [5, 5.41) is 23.3. The molecule has 136 heavy (non-hydrogen) atoms. The highest BCUT2D eigenvalue weighted by Crippen LogP contribution is 2.48. The number of alkyl carbamates (subject to hydrolysis) is 4. The van der Waals surface area contributed by atoms with Crippen molar-refractivity contribution in [3.8, 4) is 56.3 Å². The van der Waals surface area contributed by atoms with Gasteiger partial charge in [-0.25, -0.2) is 48.7 Å². The molecule has 730 valence electrons. The first-order valence-electron chi connectivity index (χ1n) is 47.2. The number of aromatic amines is 4. The first-order valence-corrected chi connectivity index (χ1v) is 47.2. The largest absolute Gasteiger partial charge is 0.488 e. The number of hydrogen-bond donors (Lipinski definition) is 9. The van der Waals surface area contributed by atoms with Crippen LogP contribution in [0.25, 0.3) is 88.4 Å². The zero-order chi connectivity index (χ0) is 97.6. The van der Waals surface area contributed by atoms with E-state index in [2.05, 4.69) is 133 Å². The Hall–Kier alpha value is -13.1. The summed E-state index contributed by atoms with van der Waals surface area (Å²) in [5.74, 6) is 3.32. The number of ether oxygens (including phenoxy) is 9. The lowest BCUT2D eigenvalue weighted by Crippen LogP contribution is -2.51. The number of methoxy groups -OCH3 is 6. The van der Waals surface area contributed by atoms with Crippen molar-refractivity contribution < 1.29 is 92.3 Å². The molecule has 0 saturated carbocycles. The second-order valence-corrected chi connectivity index (χ2v) is 38.3. The predicted molar refractivity (Wildman–Crippen MR) is 513 cm³/mol. The summed E-state index contributed by atoms with van der Waals surface area (Å²) < 4.78 is 48.6. The monoisotopic (exact) mass is 1870 g/mol. The molecule has 4 saturated heterocycles. The van der Waals surface area contributed by atoms with Gasteiger partial charge in [0.2, 0.25) is 17.7 Å². The molecule has 6 aromatic carbocycles. The molecule has 0 bridgehead atoms. The molecule has 35 nitrogen and oxygen atoms in total. The first kappa shape index (κ1) is 98.9. The van der Waals surface area contributed by atoms with E-state index in [9.17, 15) is 43.2 Å². The van der Waals surface area contributed by atoms with Crippen molar-refractivity contribution in [2.75, 3.05) is 82.1 Å². The maximum atomic E-state index is 14.2. The number of carbonyl (C=O) groups excluding carboxylic acids is 8. The zero-order valence-corrected chi connectivity index (χ0v) is 81.2. The number of carboxylic acid groups (broad SMARTS) is 1. The molecule has 16 atom stereocenters. The minimum absolute atomic E-state index is 0. The number of benzene rings is 6. The molecule has 10 aromatic rings. The summed E-state index contributed by atoms with van der Waals surface area (Å²) in [6, 6.07) is 25.2. The Morgan fingerprint density at radius 2 is 0.816 bits per heavy atom. The van der Waals surface area contributed by atoms with Gasteiger partial charge in [-0.15, -0.1) is 0 Å². The molecular formula is C101H132N16O19. The normalized spacial score (nSPS) is 20.5. The van der Waals surface area contributed by atoms with Gasteiger partial charge in [-0.05, 0) is 175 Å². The van der Waals surface area contributed by atoms with Crippen molar-refractivity contribution in [2.45, 2.75) is 209 Å². The molecular weight excluding hydrogens is 1740 g/mol. The van der Waals surface area contributed by atoms with Crippen molar-refractivity contribution >= 4 is 97.8 Å². The number of H-pyrrole nitrogens is 4.